The molecule has 2 aromatic rings. The molecule has 0 radical (unpaired) electrons. The van der Waals surface area contributed by atoms with Crippen molar-refractivity contribution >= 4 is 27.6 Å². The van der Waals surface area contributed by atoms with Crippen LogP contribution in [-0.4, -0.2) is 32.9 Å². The highest BCUT2D eigenvalue weighted by atomic mass is 32.2. The van der Waals surface area contributed by atoms with E-state index in [1.165, 1.54) is 36.4 Å². The molecule has 0 aromatic heterocycles. The largest absolute Gasteiger partial charge is 0.452 e. The van der Waals surface area contributed by atoms with Gasteiger partial charge in [0, 0.05) is 11.7 Å². The lowest BCUT2D eigenvalue weighted by Gasteiger charge is -2.17. The molecule has 8 heteroatoms. The van der Waals surface area contributed by atoms with Gasteiger partial charge in [-0.3, -0.25) is 9.52 Å². The van der Waals surface area contributed by atoms with Crippen LogP contribution in [0.25, 0.3) is 0 Å². The van der Waals surface area contributed by atoms with E-state index < -0.39 is 28.5 Å². The molecule has 1 amide bonds. The number of carbonyl (C=O) groups excluding carboxylic acids is 2. The molecule has 0 saturated heterocycles. The van der Waals surface area contributed by atoms with Gasteiger partial charge in [0.25, 0.3) is 15.9 Å². The normalized spacial score (nSPS) is 12.3. The smallest absolute Gasteiger partial charge is 0.338 e. The van der Waals surface area contributed by atoms with Gasteiger partial charge in [-0.1, -0.05) is 38.1 Å². The first-order chi connectivity index (χ1) is 13.2. The standard InChI is InChI=1S/C20H24N2O5S/c1-14(2)15(3)21-19(23)13-27-20(24)16-8-7-9-17(12-16)22-28(25,26)18-10-5-4-6-11-18/h4-12,14-15,22H,13H2,1-3H3,(H,21,23)/t15-/m1/s1. The van der Waals surface area contributed by atoms with Gasteiger partial charge in [0.15, 0.2) is 6.61 Å². The molecule has 0 aliphatic rings. The van der Waals surface area contributed by atoms with Gasteiger partial charge >= 0.3 is 5.97 Å². The summed E-state index contributed by atoms with van der Waals surface area (Å²) in [6.45, 7) is 5.40. The van der Waals surface area contributed by atoms with E-state index in [0.717, 1.165) is 0 Å². The summed E-state index contributed by atoms with van der Waals surface area (Å²) < 4.78 is 32.2. The minimum absolute atomic E-state index is 0.0399. The lowest BCUT2D eigenvalue weighted by molar-refractivity contribution is -0.125. The molecular formula is C20H24N2O5S. The fourth-order valence-electron chi connectivity index (χ4n) is 2.20. The van der Waals surface area contributed by atoms with Gasteiger partial charge in [0.05, 0.1) is 10.5 Å². The second kappa shape index (κ2) is 9.36. The van der Waals surface area contributed by atoms with E-state index in [9.17, 15) is 18.0 Å². The number of sulfonamides is 1. The molecule has 0 saturated carbocycles. The number of ether oxygens (including phenoxy) is 1. The second-order valence-corrected chi connectivity index (χ2v) is 8.36. The van der Waals surface area contributed by atoms with Crippen LogP contribution in [0.1, 0.15) is 31.1 Å². The minimum atomic E-state index is -3.77. The Balaban J connectivity index is 2.00. The summed E-state index contributed by atoms with van der Waals surface area (Å²) in [6.07, 6.45) is 0. The average molecular weight is 404 g/mol. The highest BCUT2D eigenvalue weighted by Crippen LogP contribution is 2.17. The van der Waals surface area contributed by atoms with Gasteiger partial charge in [-0.05, 0) is 43.2 Å². The van der Waals surface area contributed by atoms with Crippen molar-refractivity contribution < 1.29 is 22.7 Å². The predicted octanol–water partition coefficient (Wildman–Crippen LogP) is 2.80. The number of nitrogens with one attached hydrogen (secondary N) is 2. The van der Waals surface area contributed by atoms with Crippen LogP contribution < -0.4 is 10.0 Å². The Hall–Kier alpha value is -2.87. The number of hydrogen-bond donors (Lipinski definition) is 2. The molecule has 2 aromatic carbocycles. The Morgan fingerprint density at radius 1 is 1.00 bits per heavy atom. The second-order valence-electron chi connectivity index (χ2n) is 6.68. The summed E-state index contributed by atoms with van der Waals surface area (Å²) >= 11 is 0. The summed E-state index contributed by atoms with van der Waals surface area (Å²) in [5.74, 6) is -0.849. The number of benzene rings is 2. The first-order valence-electron chi connectivity index (χ1n) is 8.83. The predicted molar refractivity (Wildman–Crippen MR) is 106 cm³/mol. The lowest BCUT2D eigenvalue weighted by atomic mass is 10.1. The molecule has 0 heterocycles. The zero-order valence-corrected chi connectivity index (χ0v) is 16.8. The van der Waals surface area contributed by atoms with E-state index in [0.29, 0.717) is 0 Å². The molecule has 0 spiro atoms. The van der Waals surface area contributed by atoms with Crippen LogP contribution in [0.2, 0.25) is 0 Å². The monoisotopic (exact) mass is 404 g/mol. The molecule has 0 fully saturated rings. The maximum atomic E-state index is 12.4. The Morgan fingerprint density at radius 3 is 2.32 bits per heavy atom. The van der Waals surface area contributed by atoms with Gasteiger partial charge < -0.3 is 10.1 Å². The SMILES string of the molecule is CC(C)[C@@H](C)NC(=O)COC(=O)c1cccc(NS(=O)(=O)c2ccccc2)c1. The number of esters is 1. The van der Waals surface area contributed by atoms with E-state index in [1.54, 1.807) is 18.2 Å². The third-order valence-corrected chi connectivity index (χ3v) is 5.52. The maximum Gasteiger partial charge on any atom is 0.338 e. The van der Waals surface area contributed by atoms with E-state index in [2.05, 4.69) is 10.0 Å². The Labute approximate surface area is 165 Å². The van der Waals surface area contributed by atoms with Crippen LogP contribution in [0.3, 0.4) is 0 Å². The summed E-state index contributed by atoms with van der Waals surface area (Å²) in [5.41, 5.74) is 0.356. The third-order valence-electron chi connectivity index (χ3n) is 4.13. The fraction of sp³-hybridized carbons (Fsp3) is 0.300. The van der Waals surface area contributed by atoms with E-state index in [1.807, 2.05) is 20.8 Å². The molecular weight excluding hydrogens is 380 g/mol. The van der Waals surface area contributed by atoms with Crippen LogP contribution in [0, 0.1) is 5.92 Å². The van der Waals surface area contributed by atoms with E-state index >= 15 is 0 Å². The van der Waals surface area contributed by atoms with Crippen molar-refractivity contribution in [3.05, 3.63) is 60.2 Å². The van der Waals surface area contributed by atoms with Gasteiger partial charge in [0.1, 0.15) is 0 Å². The molecule has 0 aliphatic heterocycles. The van der Waals surface area contributed by atoms with Crippen LogP contribution in [0.5, 0.6) is 0 Å². The Kier molecular flexibility index (Phi) is 7.17. The quantitative estimate of drug-likeness (QED) is 0.659. The zero-order chi connectivity index (χ0) is 20.7. The third kappa shape index (κ3) is 6.09. The van der Waals surface area contributed by atoms with Gasteiger partial charge in [0.2, 0.25) is 0 Å². The topological polar surface area (TPSA) is 102 Å². The molecule has 7 nitrogen and oxygen atoms in total. The van der Waals surface area contributed by atoms with Crippen molar-refractivity contribution in [1.82, 2.24) is 5.32 Å². The zero-order valence-electron chi connectivity index (χ0n) is 16.0. The lowest BCUT2D eigenvalue weighted by Crippen LogP contribution is -2.38. The first kappa shape index (κ1) is 21.4. The average Bonchev–Trinajstić information content (AvgIpc) is 2.66. The number of anilines is 1. The molecule has 0 unspecified atom stereocenters. The minimum Gasteiger partial charge on any atom is -0.452 e. The van der Waals surface area contributed by atoms with Crippen molar-refractivity contribution in [2.75, 3.05) is 11.3 Å². The molecule has 28 heavy (non-hydrogen) atoms. The molecule has 0 bridgehead atoms. The van der Waals surface area contributed by atoms with Gasteiger partial charge in [-0.25, -0.2) is 13.2 Å². The van der Waals surface area contributed by atoms with Crippen LogP contribution >= 0.6 is 0 Å². The van der Waals surface area contributed by atoms with Crippen molar-refractivity contribution in [3.63, 3.8) is 0 Å². The number of rotatable bonds is 8. The van der Waals surface area contributed by atoms with Gasteiger partial charge in [-0.15, -0.1) is 0 Å². The summed E-state index contributed by atoms with van der Waals surface area (Å²) in [7, 11) is -3.77. The van der Waals surface area contributed by atoms with Crippen LogP contribution in [0.15, 0.2) is 59.5 Å². The fourth-order valence-corrected chi connectivity index (χ4v) is 3.27. The van der Waals surface area contributed by atoms with Crippen molar-refractivity contribution in [2.45, 2.75) is 31.7 Å². The van der Waals surface area contributed by atoms with Crippen molar-refractivity contribution in [3.8, 4) is 0 Å². The van der Waals surface area contributed by atoms with Crippen molar-refractivity contribution in [2.24, 2.45) is 5.92 Å². The van der Waals surface area contributed by atoms with Crippen LogP contribution in [0.4, 0.5) is 5.69 Å². The molecule has 0 aliphatic carbocycles. The highest BCUT2D eigenvalue weighted by Gasteiger charge is 2.16. The number of hydrogen-bond acceptors (Lipinski definition) is 5. The highest BCUT2D eigenvalue weighted by molar-refractivity contribution is 7.92. The van der Waals surface area contributed by atoms with Crippen LogP contribution in [-0.2, 0) is 19.6 Å². The summed E-state index contributed by atoms with van der Waals surface area (Å²) in [5, 5.41) is 2.74. The maximum absolute atomic E-state index is 12.4. The Morgan fingerprint density at radius 2 is 1.68 bits per heavy atom. The van der Waals surface area contributed by atoms with E-state index in [4.69, 9.17) is 4.74 Å². The number of carbonyl (C=O) groups is 2. The Bertz CT molecular complexity index is 927. The molecule has 2 rings (SSSR count). The van der Waals surface area contributed by atoms with Gasteiger partial charge in [-0.2, -0.15) is 0 Å². The first-order valence-corrected chi connectivity index (χ1v) is 10.3. The van der Waals surface area contributed by atoms with E-state index in [-0.39, 0.29) is 28.1 Å². The summed E-state index contributed by atoms with van der Waals surface area (Å²) in [4.78, 5) is 24.1. The molecule has 1 atom stereocenters. The summed E-state index contributed by atoms with van der Waals surface area (Å²) in [6, 6.07) is 13.7. The van der Waals surface area contributed by atoms with Crippen molar-refractivity contribution in [1.29, 1.82) is 0 Å². The molecule has 2 N–H and O–H groups in total. The molecule has 150 valence electrons. The number of amides is 1.